The van der Waals surface area contributed by atoms with Crippen molar-refractivity contribution >= 4 is 22.7 Å². The van der Waals surface area contributed by atoms with Gasteiger partial charge in [-0.3, -0.25) is 5.43 Å². The summed E-state index contributed by atoms with van der Waals surface area (Å²) in [5.74, 6) is 0. The van der Waals surface area contributed by atoms with Crippen molar-refractivity contribution in [3.63, 3.8) is 0 Å². The number of anilines is 1. The standard InChI is InChI=1S/C14H13N5S/c1-11-10-20-14(17-11)18-15-9-12-5-2-3-6-13(12)19-8-4-7-16-19/h2-10H,1H3,(H,17,18). The molecule has 5 nitrogen and oxygen atoms in total. The summed E-state index contributed by atoms with van der Waals surface area (Å²) in [6.07, 6.45) is 5.43. The van der Waals surface area contributed by atoms with Gasteiger partial charge in [0, 0.05) is 23.3 Å². The second kappa shape index (κ2) is 5.66. The third kappa shape index (κ3) is 2.75. The molecule has 0 spiro atoms. The van der Waals surface area contributed by atoms with Crippen LogP contribution >= 0.6 is 11.3 Å². The van der Waals surface area contributed by atoms with Crippen LogP contribution in [0.2, 0.25) is 0 Å². The number of aryl methyl sites for hydroxylation is 1. The summed E-state index contributed by atoms with van der Waals surface area (Å²) in [6, 6.07) is 9.84. The van der Waals surface area contributed by atoms with Gasteiger partial charge < -0.3 is 0 Å². The van der Waals surface area contributed by atoms with Crippen LogP contribution in [0, 0.1) is 6.92 Å². The zero-order valence-electron chi connectivity index (χ0n) is 10.9. The monoisotopic (exact) mass is 283 g/mol. The summed E-state index contributed by atoms with van der Waals surface area (Å²) >= 11 is 1.53. The molecule has 0 aliphatic carbocycles. The molecule has 100 valence electrons. The topological polar surface area (TPSA) is 55.1 Å². The number of nitrogens with zero attached hydrogens (tertiary/aromatic N) is 4. The molecule has 2 aromatic heterocycles. The van der Waals surface area contributed by atoms with Gasteiger partial charge in [-0.2, -0.15) is 10.2 Å². The smallest absolute Gasteiger partial charge is 0.203 e. The Morgan fingerprint density at radius 3 is 2.95 bits per heavy atom. The molecule has 20 heavy (non-hydrogen) atoms. The van der Waals surface area contributed by atoms with Crippen LogP contribution in [0.4, 0.5) is 5.13 Å². The molecule has 0 saturated heterocycles. The maximum Gasteiger partial charge on any atom is 0.203 e. The number of rotatable bonds is 4. The van der Waals surface area contributed by atoms with Gasteiger partial charge in [0.2, 0.25) is 5.13 Å². The summed E-state index contributed by atoms with van der Waals surface area (Å²) in [7, 11) is 0. The molecule has 0 amide bonds. The minimum Gasteiger partial charge on any atom is -0.253 e. The van der Waals surface area contributed by atoms with E-state index in [9.17, 15) is 0 Å². The fourth-order valence-corrected chi connectivity index (χ4v) is 2.42. The molecule has 2 heterocycles. The summed E-state index contributed by atoms with van der Waals surface area (Å²) in [5.41, 5.74) is 5.89. The fraction of sp³-hybridized carbons (Fsp3) is 0.0714. The molecule has 1 aromatic carbocycles. The third-order valence-electron chi connectivity index (χ3n) is 2.67. The highest BCUT2D eigenvalue weighted by Gasteiger charge is 2.01. The van der Waals surface area contributed by atoms with E-state index in [1.165, 1.54) is 11.3 Å². The first-order valence-corrected chi connectivity index (χ1v) is 7.01. The Morgan fingerprint density at radius 2 is 2.20 bits per heavy atom. The van der Waals surface area contributed by atoms with E-state index >= 15 is 0 Å². The number of hydrogen-bond acceptors (Lipinski definition) is 5. The molecule has 6 heteroatoms. The van der Waals surface area contributed by atoms with Crippen LogP contribution < -0.4 is 5.43 Å². The van der Waals surface area contributed by atoms with E-state index in [1.54, 1.807) is 12.4 Å². The van der Waals surface area contributed by atoms with Crippen molar-refractivity contribution in [1.29, 1.82) is 0 Å². The number of hydrazone groups is 1. The van der Waals surface area contributed by atoms with Crippen LogP contribution in [0.25, 0.3) is 5.69 Å². The van der Waals surface area contributed by atoms with Crippen molar-refractivity contribution in [2.24, 2.45) is 5.10 Å². The molecular formula is C14H13N5S. The van der Waals surface area contributed by atoms with E-state index in [4.69, 9.17) is 0 Å². The van der Waals surface area contributed by atoms with Crippen LogP contribution in [-0.4, -0.2) is 21.0 Å². The molecule has 1 N–H and O–H groups in total. The number of nitrogens with one attached hydrogen (secondary N) is 1. The predicted molar refractivity (Wildman–Crippen MR) is 81.6 cm³/mol. The zero-order chi connectivity index (χ0) is 13.8. The molecular weight excluding hydrogens is 270 g/mol. The van der Waals surface area contributed by atoms with Gasteiger partial charge in [-0.25, -0.2) is 9.67 Å². The Bertz CT molecular complexity index is 715. The van der Waals surface area contributed by atoms with E-state index in [-0.39, 0.29) is 0 Å². The van der Waals surface area contributed by atoms with Crippen LogP contribution in [0.1, 0.15) is 11.3 Å². The Kier molecular flexibility index (Phi) is 3.56. The average molecular weight is 283 g/mol. The molecule has 0 aliphatic rings. The molecule has 0 radical (unpaired) electrons. The number of para-hydroxylation sites is 1. The highest BCUT2D eigenvalue weighted by Crippen LogP contribution is 2.15. The van der Waals surface area contributed by atoms with Gasteiger partial charge in [0.1, 0.15) is 0 Å². The van der Waals surface area contributed by atoms with E-state index in [0.717, 1.165) is 22.1 Å². The lowest BCUT2D eigenvalue weighted by Crippen LogP contribution is -2.00. The number of thiazole rings is 1. The Balaban J connectivity index is 1.80. The Hall–Kier alpha value is -2.47. The Morgan fingerprint density at radius 1 is 1.30 bits per heavy atom. The van der Waals surface area contributed by atoms with Crippen LogP contribution in [-0.2, 0) is 0 Å². The normalized spacial score (nSPS) is 11.1. The largest absolute Gasteiger partial charge is 0.253 e. The molecule has 0 aliphatic heterocycles. The molecule has 0 unspecified atom stereocenters. The number of hydrogen-bond donors (Lipinski definition) is 1. The van der Waals surface area contributed by atoms with E-state index in [2.05, 4.69) is 20.6 Å². The lowest BCUT2D eigenvalue weighted by molar-refractivity contribution is 0.879. The lowest BCUT2D eigenvalue weighted by atomic mass is 10.2. The predicted octanol–water partition coefficient (Wildman–Crippen LogP) is 3.08. The highest BCUT2D eigenvalue weighted by molar-refractivity contribution is 7.13. The summed E-state index contributed by atoms with van der Waals surface area (Å²) in [6.45, 7) is 1.96. The first-order chi connectivity index (χ1) is 9.83. The maximum atomic E-state index is 4.29. The third-order valence-corrected chi connectivity index (χ3v) is 3.54. The lowest BCUT2D eigenvalue weighted by Gasteiger charge is -2.04. The average Bonchev–Trinajstić information content (AvgIpc) is 3.11. The molecule has 0 atom stereocenters. The molecule has 3 rings (SSSR count). The van der Waals surface area contributed by atoms with Gasteiger partial charge in [-0.1, -0.05) is 18.2 Å². The summed E-state index contributed by atoms with van der Waals surface area (Å²) < 4.78 is 1.81. The van der Waals surface area contributed by atoms with Gasteiger partial charge in [0.05, 0.1) is 17.6 Å². The maximum absolute atomic E-state index is 4.29. The minimum absolute atomic E-state index is 0.787. The van der Waals surface area contributed by atoms with Crippen LogP contribution in [0.15, 0.2) is 53.2 Å². The highest BCUT2D eigenvalue weighted by atomic mass is 32.1. The first kappa shape index (κ1) is 12.6. The van der Waals surface area contributed by atoms with Crippen molar-refractivity contribution < 1.29 is 0 Å². The van der Waals surface area contributed by atoms with Crippen molar-refractivity contribution in [3.8, 4) is 5.69 Å². The van der Waals surface area contributed by atoms with E-state index in [0.29, 0.717) is 0 Å². The summed E-state index contributed by atoms with van der Waals surface area (Å²) in [5, 5.41) is 11.2. The zero-order valence-corrected chi connectivity index (χ0v) is 11.7. The molecule has 0 saturated carbocycles. The van der Waals surface area contributed by atoms with Gasteiger partial charge in [0.15, 0.2) is 0 Å². The van der Waals surface area contributed by atoms with Gasteiger partial charge >= 0.3 is 0 Å². The van der Waals surface area contributed by atoms with Gasteiger partial charge in [-0.15, -0.1) is 11.3 Å². The van der Waals surface area contributed by atoms with Crippen molar-refractivity contribution in [1.82, 2.24) is 14.8 Å². The van der Waals surface area contributed by atoms with Crippen molar-refractivity contribution in [2.45, 2.75) is 6.92 Å². The first-order valence-electron chi connectivity index (χ1n) is 6.13. The second-order valence-corrected chi connectivity index (χ2v) is 5.03. The molecule has 0 bridgehead atoms. The summed E-state index contributed by atoms with van der Waals surface area (Å²) in [4.78, 5) is 4.29. The quantitative estimate of drug-likeness (QED) is 0.591. The van der Waals surface area contributed by atoms with E-state index in [1.807, 2.05) is 53.5 Å². The SMILES string of the molecule is Cc1csc(NN=Cc2ccccc2-n2cccn2)n1. The van der Waals surface area contributed by atoms with Gasteiger partial charge in [0.25, 0.3) is 0 Å². The minimum atomic E-state index is 0.787. The Labute approximate surface area is 120 Å². The van der Waals surface area contributed by atoms with Crippen molar-refractivity contribution in [3.05, 3.63) is 59.4 Å². The number of aromatic nitrogens is 3. The molecule has 0 fully saturated rings. The van der Waals surface area contributed by atoms with Crippen molar-refractivity contribution in [2.75, 3.05) is 5.43 Å². The second-order valence-electron chi connectivity index (χ2n) is 4.17. The van der Waals surface area contributed by atoms with Crippen LogP contribution in [0.5, 0.6) is 0 Å². The van der Waals surface area contributed by atoms with E-state index < -0.39 is 0 Å². The van der Waals surface area contributed by atoms with Gasteiger partial charge in [-0.05, 0) is 19.1 Å². The number of benzene rings is 1. The molecule has 3 aromatic rings. The van der Waals surface area contributed by atoms with Crippen LogP contribution in [0.3, 0.4) is 0 Å². The fourth-order valence-electron chi connectivity index (χ4n) is 1.78.